The van der Waals surface area contributed by atoms with Gasteiger partial charge >= 0.3 is 8.72 Å². The molecule has 0 N–H and O–H groups in total. The van der Waals surface area contributed by atoms with Gasteiger partial charge in [0.15, 0.2) is 0 Å². The molecule has 0 aromatic carbocycles. The Hall–Kier alpha value is -1.24. The monoisotopic (exact) mass is 256 g/mol. The summed E-state index contributed by atoms with van der Waals surface area (Å²) < 4.78 is 11.7. The fourth-order valence-electron chi connectivity index (χ4n) is 1.89. The quantitative estimate of drug-likeness (QED) is 0.288. The minimum atomic E-state index is -2.97. The van der Waals surface area contributed by atoms with Crippen molar-refractivity contribution in [3.05, 3.63) is 20.9 Å². The Morgan fingerprint density at radius 1 is 0.824 bits per heavy atom. The maximum atomic E-state index is 8.76. The minimum Gasteiger partial charge on any atom is -0.305 e. The lowest BCUT2D eigenvalue weighted by molar-refractivity contribution is 0.350. The molecule has 9 heteroatoms. The zero-order chi connectivity index (χ0) is 13.3. The highest BCUT2D eigenvalue weighted by atomic mass is 28.4. The van der Waals surface area contributed by atoms with Crippen LogP contribution in [0, 0.1) is 0 Å². The number of hydrogen-bond donors (Lipinski definition) is 0. The Morgan fingerprint density at radius 2 is 1.12 bits per heavy atom. The molecule has 0 spiro atoms. The van der Waals surface area contributed by atoms with Gasteiger partial charge < -0.3 is 9.13 Å². The molecule has 0 amide bonds. The van der Waals surface area contributed by atoms with Crippen LogP contribution in [0.2, 0.25) is 0 Å². The van der Waals surface area contributed by atoms with Gasteiger partial charge in [-0.3, -0.25) is 0 Å². The molecule has 0 aliphatic carbocycles. The van der Waals surface area contributed by atoms with E-state index >= 15 is 0 Å². The van der Waals surface area contributed by atoms with E-state index in [2.05, 4.69) is 19.4 Å². The van der Waals surface area contributed by atoms with Crippen molar-refractivity contribution >= 4 is 8.72 Å². The summed E-state index contributed by atoms with van der Waals surface area (Å²) in [6.07, 6.45) is 0. The topological polar surface area (TPSA) is 104 Å². The normalized spacial score (nSPS) is 11.2. The van der Waals surface area contributed by atoms with Gasteiger partial charge in [0.2, 0.25) is 0 Å². The van der Waals surface area contributed by atoms with Gasteiger partial charge in [-0.1, -0.05) is 37.3 Å². The third-order valence-electron chi connectivity index (χ3n) is 2.73. The van der Waals surface area contributed by atoms with Crippen LogP contribution in [0.15, 0.2) is 9.56 Å². The Kier molecular flexibility index (Phi) is 7.36. The minimum absolute atomic E-state index is 0.692. The number of hydrogen-bond acceptors (Lipinski definition) is 4. The molecule has 8 nitrogen and oxygen atoms in total. The first-order valence-corrected chi connectivity index (χ1v) is 7.58. The van der Waals surface area contributed by atoms with Gasteiger partial charge in [0, 0.05) is 9.82 Å². The van der Waals surface area contributed by atoms with Crippen molar-refractivity contribution in [3.8, 4) is 0 Å². The molecule has 0 unspecified atom stereocenters. The van der Waals surface area contributed by atoms with Crippen molar-refractivity contribution in [2.75, 3.05) is 26.2 Å². The van der Waals surface area contributed by atoms with Crippen LogP contribution in [-0.2, 0) is 0 Å². The van der Waals surface area contributed by atoms with Crippen LogP contribution in [0.4, 0.5) is 0 Å². The molecule has 0 rings (SSSR count). The van der Waals surface area contributed by atoms with E-state index in [1.165, 1.54) is 0 Å². The van der Waals surface area contributed by atoms with Gasteiger partial charge in [-0.15, -0.1) is 0 Å². The largest absolute Gasteiger partial charge is 0.398 e. The van der Waals surface area contributed by atoms with E-state index < -0.39 is 8.72 Å². The molecule has 0 aromatic heterocycles. The van der Waals surface area contributed by atoms with Gasteiger partial charge in [0.1, 0.15) is 0 Å². The molecule has 0 aliphatic rings. The molecule has 0 saturated heterocycles. The van der Waals surface area contributed by atoms with Crippen LogP contribution in [0.1, 0.15) is 27.7 Å². The molecule has 0 saturated carbocycles. The average Bonchev–Trinajstić information content (AvgIpc) is 2.32. The molecule has 0 atom stereocenters. The fraction of sp³-hybridized carbons (Fsp3) is 1.00. The lowest BCUT2D eigenvalue weighted by Gasteiger charge is -2.40. The predicted molar refractivity (Wildman–Crippen MR) is 69.9 cm³/mol. The lowest BCUT2D eigenvalue weighted by atomic mass is 10.7. The smallest absolute Gasteiger partial charge is 0.305 e. The Labute approximate surface area is 103 Å². The van der Waals surface area contributed by atoms with Gasteiger partial charge in [0.05, 0.1) is 0 Å². The molecule has 0 radical (unpaired) electrons. The molecule has 96 valence electrons. The molecule has 0 aliphatic heterocycles. The van der Waals surface area contributed by atoms with E-state index in [1.807, 2.05) is 36.8 Å². The highest BCUT2D eigenvalue weighted by molar-refractivity contribution is 6.70. The Morgan fingerprint density at radius 3 is 1.29 bits per heavy atom. The van der Waals surface area contributed by atoms with Crippen LogP contribution >= 0.6 is 0 Å². The first-order valence-electron chi connectivity index (χ1n) is 5.79. The van der Waals surface area contributed by atoms with E-state index in [4.69, 9.17) is 11.1 Å². The summed E-state index contributed by atoms with van der Waals surface area (Å²) in [4.78, 5) is 5.80. The van der Waals surface area contributed by atoms with Crippen LogP contribution in [0.5, 0.6) is 0 Å². The summed E-state index contributed by atoms with van der Waals surface area (Å²) >= 11 is 0. The third-order valence-corrected chi connectivity index (χ3v) is 6.41. The zero-order valence-corrected chi connectivity index (χ0v) is 11.9. The maximum absolute atomic E-state index is 8.76. The van der Waals surface area contributed by atoms with E-state index in [9.17, 15) is 0 Å². The predicted octanol–water partition coefficient (Wildman–Crippen LogP) is 2.73. The summed E-state index contributed by atoms with van der Waals surface area (Å²) in [6.45, 7) is 10.6. The second kappa shape index (κ2) is 7.94. The summed E-state index contributed by atoms with van der Waals surface area (Å²) in [7, 11) is -2.97. The number of rotatable bonds is 8. The second-order valence-corrected chi connectivity index (χ2v) is 6.19. The van der Waals surface area contributed by atoms with E-state index in [0.29, 0.717) is 26.2 Å². The molecular weight excluding hydrogens is 236 g/mol. The van der Waals surface area contributed by atoms with Crippen molar-refractivity contribution < 1.29 is 0 Å². The summed E-state index contributed by atoms with van der Waals surface area (Å²) in [5.41, 5.74) is 17.5. The molecule has 0 bridgehead atoms. The van der Waals surface area contributed by atoms with Gasteiger partial charge in [-0.25, -0.2) is 0 Å². The second-order valence-electron chi connectivity index (χ2n) is 3.32. The number of nitrogens with zero attached hydrogens (tertiary/aromatic N) is 8. The van der Waals surface area contributed by atoms with Crippen LogP contribution < -0.4 is 0 Å². The molecule has 0 aromatic rings. The molecular formula is C8H20N8Si. The summed E-state index contributed by atoms with van der Waals surface area (Å²) in [6, 6.07) is 0. The molecule has 0 heterocycles. The summed E-state index contributed by atoms with van der Waals surface area (Å²) in [5, 5.41) is 0. The van der Waals surface area contributed by atoms with Gasteiger partial charge in [-0.05, 0) is 37.2 Å². The molecule has 17 heavy (non-hydrogen) atoms. The maximum Gasteiger partial charge on any atom is 0.398 e. The van der Waals surface area contributed by atoms with Crippen LogP contribution in [0.25, 0.3) is 20.9 Å². The first-order chi connectivity index (χ1) is 8.16. The van der Waals surface area contributed by atoms with Crippen molar-refractivity contribution in [3.63, 3.8) is 0 Å². The lowest BCUT2D eigenvalue weighted by Crippen LogP contribution is -2.63. The number of azide groups is 1. The van der Waals surface area contributed by atoms with Gasteiger partial charge in [0.25, 0.3) is 0 Å². The van der Waals surface area contributed by atoms with Gasteiger partial charge in [-0.2, -0.15) is 0 Å². The van der Waals surface area contributed by atoms with E-state index in [0.717, 1.165) is 0 Å². The third kappa shape index (κ3) is 3.35. The average molecular weight is 256 g/mol. The zero-order valence-electron chi connectivity index (χ0n) is 10.9. The highest BCUT2D eigenvalue weighted by Gasteiger charge is 2.43. The van der Waals surface area contributed by atoms with Crippen LogP contribution in [-0.4, -0.2) is 44.0 Å². The van der Waals surface area contributed by atoms with E-state index in [-0.39, 0.29) is 0 Å². The summed E-state index contributed by atoms with van der Waals surface area (Å²) in [5.74, 6) is 0. The SMILES string of the molecule is CCN(CC)[Si](N=[N+]=[N-])(N=[N+]=[N-])N(CC)CC. The fourth-order valence-corrected chi connectivity index (χ4v) is 4.77. The van der Waals surface area contributed by atoms with Crippen LogP contribution in [0.3, 0.4) is 0 Å². The van der Waals surface area contributed by atoms with E-state index in [1.54, 1.807) is 0 Å². The Bertz CT molecular complexity index is 279. The van der Waals surface area contributed by atoms with Crippen molar-refractivity contribution in [1.82, 2.24) is 9.13 Å². The van der Waals surface area contributed by atoms with Crippen molar-refractivity contribution in [1.29, 1.82) is 0 Å². The first kappa shape index (κ1) is 15.8. The molecule has 0 fully saturated rings. The standard InChI is InChI=1S/C8H20N8Si/c1-5-15(6-2)17(13-11-9,14-12-10)16(7-3)8-4/h5-8H2,1-4H3. The highest BCUT2D eigenvalue weighted by Crippen LogP contribution is 2.19. The van der Waals surface area contributed by atoms with Crippen molar-refractivity contribution in [2.24, 2.45) is 9.56 Å². The van der Waals surface area contributed by atoms with Crippen molar-refractivity contribution in [2.45, 2.75) is 27.7 Å². The Balaban J connectivity index is 5.70.